The first-order valence-electron chi connectivity index (χ1n) is 7.32. The van der Waals surface area contributed by atoms with Gasteiger partial charge in [-0.25, -0.2) is 4.98 Å². The highest BCUT2D eigenvalue weighted by Gasteiger charge is 2.42. The monoisotopic (exact) mass is 317 g/mol. The van der Waals surface area contributed by atoms with Crippen LogP contribution in [0.3, 0.4) is 0 Å². The molecule has 0 spiro atoms. The quantitative estimate of drug-likeness (QED) is 0.799. The van der Waals surface area contributed by atoms with Gasteiger partial charge in [0.25, 0.3) is 0 Å². The van der Waals surface area contributed by atoms with Crippen LogP contribution in [0.15, 0.2) is 24.3 Å². The van der Waals surface area contributed by atoms with Crippen molar-refractivity contribution in [2.45, 2.75) is 32.4 Å². The van der Waals surface area contributed by atoms with Crippen LogP contribution in [0.1, 0.15) is 29.1 Å². The molecule has 0 aliphatic heterocycles. The van der Waals surface area contributed by atoms with Crippen molar-refractivity contribution < 1.29 is 13.2 Å². The summed E-state index contributed by atoms with van der Waals surface area (Å²) >= 11 is 0. The van der Waals surface area contributed by atoms with Crippen molar-refractivity contribution in [2.24, 2.45) is 5.92 Å². The maximum atomic E-state index is 12.9. The van der Waals surface area contributed by atoms with Gasteiger partial charge in [0.2, 0.25) is 0 Å². The zero-order valence-electron chi connectivity index (χ0n) is 12.5. The van der Waals surface area contributed by atoms with Crippen LogP contribution in [-0.2, 0) is 12.8 Å². The Balaban J connectivity index is 1.96. The molecule has 2 aromatic rings. The lowest BCUT2D eigenvalue weighted by Gasteiger charge is -2.26. The molecule has 118 valence electrons. The molecule has 6 heteroatoms. The zero-order chi connectivity index (χ0) is 16.6. The molecular formula is C17H14F3N3. The first-order valence-corrected chi connectivity index (χ1v) is 7.32. The maximum Gasteiger partial charge on any atom is 0.392 e. The summed E-state index contributed by atoms with van der Waals surface area (Å²) in [6, 6.07) is 8.99. The summed E-state index contributed by atoms with van der Waals surface area (Å²) in [7, 11) is 0. The number of hydrogen-bond acceptors (Lipinski definition) is 3. The molecule has 0 bridgehead atoms. The highest BCUT2D eigenvalue weighted by Crippen LogP contribution is 2.36. The van der Waals surface area contributed by atoms with E-state index in [1.54, 1.807) is 31.2 Å². The van der Waals surface area contributed by atoms with E-state index in [9.17, 15) is 13.2 Å². The molecule has 1 aliphatic rings. The molecule has 1 heterocycles. The fourth-order valence-corrected chi connectivity index (χ4v) is 2.87. The van der Waals surface area contributed by atoms with Crippen molar-refractivity contribution in [3.63, 3.8) is 0 Å². The standard InChI is InChI=1S/C17H14F3N3/c1-10-16(12-4-2-11(9-21)3-5-12)23-14-7-6-13(17(18,19)20)8-15(14)22-10/h2-5,13H,6-8H2,1H3. The zero-order valence-corrected chi connectivity index (χ0v) is 12.5. The smallest absolute Gasteiger partial charge is 0.254 e. The predicted octanol–water partition coefficient (Wildman–Crippen LogP) is 3.99. The second-order valence-corrected chi connectivity index (χ2v) is 5.72. The fourth-order valence-electron chi connectivity index (χ4n) is 2.87. The van der Waals surface area contributed by atoms with Crippen molar-refractivity contribution in [2.75, 3.05) is 0 Å². The third kappa shape index (κ3) is 3.04. The van der Waals surface area contributed by atoms with Gasteiger partial charge in [0, 0.05) is 12.0 Å². The lowest BCUT2D eigenvalue weighted by Crippen LogP contribution is -2.30. The third-order valence-electron chi connectivity index (χ3n) is 4.14. The molecule has 0 fully saturated rings. The van der Waals surface area contributed by atoms with Crippen molar-refractivity contribution in [3.8, 4) is 17.3 Å². The maximum absolute atomic E-state index is 12.9. The topological polar surface area (TPSA) is 49.6 Å². The number of nitriles is 1. The van der Waals surface area contributed by atoms with Crippen LogP contribution in [0.4, 0.5) is 13.2 Å². The molecule has 0 amide bonds. The van der Waals surface area contributed by atoms with Crippen molar-refractivity contribution in [3.05, 3.63) is 46.9 Å². The van der Waals surface area contributed by atoms with Crippen LogP contribution in [-0.4, -0.2) is 16.1 Å². The number of hydrogen-bond donors (Lipinski definition) is 0. The van der Waals surface area contributed by atoms with Gasteiger partial charge in [-0.3, -0.25) is 4.98 Å². The number of nitrogens with zero attached hydrogens (tertiary/aromatic N) is 3. The molecule has 1 aromatic carbocycles. The number of fused-ring (bicyclic) bond motifs is 1. The lowest BCUT2D eigenvalue weighted by atomic mass is 9.88. The number of benzene rings is 1. The molecule has 0 saturated heterocycles. The molecule has 1 aliphatic carbocycles. The largest absolute Gasteiger partial charge is 0.392 e. The van der Waals surface area contributed by atoms with E-state index in [1.807, 2.05) is 6.07 Å². The summed E-state index contributed by atoms with van der Waals surface area (Å²) in [6.07, 6.45) is -3.93. The van der Waals surface area contributed by atoms with Gasteiger partial charge in [0.1, 0.15) is 0 Å². The first kappa shape index (κ1) is 15.5. The normalized spacial score (nSPS) is 17.4. The lowest BCUT2D eigenvalue weighted by molar-refractivity contribution is -0.177. The van der Waals surface area contributed by atoms with Crippen molar-refractivity contribution >= 4 is 0 Å². The van der Waals surface area contributed by atoms with Crippen molar-refractivity contribution in [1.82, 2.24) is 9.97 Å². The Hall–Kier alpha value is -2.42. The Bertz CT molecular complexity index is 773. The van der Waals surface area contributed by atoms with Crippen LogP contribution in [0.25, 0.3) is 11.3 Å². The number of aryl methyl sites for hydroxylation is 2. The van der Waals surface area contributed by atoms with E-state index in [-0.39, 0.29) is 19.3 Å². The molecular weight excluding hydrogens is 303 g/mol. The van der Waals surface area contributed by atoms with Gasteiger partial charge < -0.3 is 0 Å². The SMILES string of the molecule is Cc1nc2c(nc1-c1ccc(C#N)cc1)CCC(C(F)(F)F)C2. The van der Waals surface area contributed by atoms with Gasteiger partial charge in [-0.15, -0.1) is 0 Å². The Labute approximate surface area is 131 Å². The van der Waals surface area contributed by atoms with Gasteiger partial charge in [0.15, 0.2) is 0 Å². The minimum Gasteiger partial charge on any atom is -0.254 e. The molecule has 1 atom stereocenters. The van der Waals surface area contributed by atoms with Crippen LogP contribution >= 0.6 is 0 Å². The molecule has 0 radical (unpaired) electrons. The Morgan fingerprint density at radius 2 is 1.83 bits per heavy atom. The van der Waals surface area contributed by atoms with E-state index < -0.39 is 12.1 Å². The Morgan fingerprint density at radius 3 is 2.43 bits per heavy atom. The van der Waals surface area contributed by atoms with E-state index in [0.717, 1.165) is 5.56 Å². The van der Waals surface area contributed by atoms with E-state index in [2.05, 4.69) is 9.97 Å². The van der Waals surface area contributed by atoms with Crippen LogP contribution < -0.4 is 0 Å². The van der Waals surface area contributed by atoms with Gasteiger partial charge in [-0.1, -0.05) is 12.1 Å². The fraction of sp³-hybridized carbons (Fsp3) is 0.353. The van der Waals surface area contributed by atoms with E-state index in [4.69, 9.17) is 5.26 Å². The predicted molar refractivity (Wildman–Crippen MR) is 78.5 cm³/mol. The second-order valence-electron chi connectivity index (χ2n) is 5.72. The van der Waals surface area contributed by atoms with Gasteiger partial charge >= 0.3 is 6.18 Å². The number of rotatable bonds is 1. The highest BCUT2D eigenvalue weighted by atomic mass is 19.4. The number of halogens is 3. The van der Waals surface area contributed by atoms with Gasteiger partial charge in [0.05, 0.1) is 40.3 Å². The second kappa shape index (κ2) is 5.65. The average molecular weight is 317 g/mol. The molecule has 3 nitrogen and oxygen atoms in total. The summed E-state index contributed by atoms with van der Waals surface area (Å²) in [5, 5.41) is 8.83. The molecule has 23 heavy (non-hydrogen) atoms. The minimum atomic E-state index is -4.18. The molecule has 0 N–H and O–H groups in total. The number of aromatic nitrogens is 2. The Kier molecular flexibility index (Phi) is 3.80. The average Bonchev–Trinajstić information content (AvgIpc) is 2.53. The summed E-state index contributed by atoms with van der Waals surface area (Å²) < 4.78 is 38.6. The van der Waals surface area contributed by atoms with Gasteiger partial charge in [-0.05, 0) is 31.9 Å². The molecule has 3 rings (SSSR count). The highest BCUT2D eigenvalue weighted by molar-refractivity contribution is 5.62. The Morgan fingerprint density at radius 1 is 1.13 bits per heavy atom. The molecule has 0 saturated carbocycles. The van der Waals surface area contributed by atoms with Crippen LogP contribution in [0.2, 0.25) is 0 Å². The molecule has 1 unspecified atom stereocenters. The molecule has 1 aromatic heterocycles. The van der Waals surface area contributed by atoms with E-state index >= 15 is 0 Å². The number of alkyl halides is 3. The van der Waals surface area contributed by atoms with E-state index in [1.165, 1.54) is 0 Å². The summed E-state index contributed by atoms with van der Waals surface area (Å²) in [6.45, 7) is 1.75. The van der Waals surface area contributed by atoms with Crippen LogP contribution in [0, 0.1) is 24.2 Å². The summed E-state index contributed by atoms with van der Waals surface area (Å²) in [4.78, 5) is 8.91. The van der Waals surface area contributed by atoms with E-state index in [0.29, 0.717) is 28.3 Å². The van der Waals surface area contributed by atoms with Crippen molar-refractivity contribution in [1.29, 1.82) is 5.26 Å². The first-order chi connectivity index (χ1) is 10.9. The van der Waals surface area contributed by atoms with Crippen LogP contribution in [0.5, 0.6) is 0 Å². The summed E-state index contributed by atoms with van der Waals surface area (Å²) in [5.74, 6) is -1.33. The minimum absolute atomic E-state index is 0.0566. The summed E-state index contributed by atoms with van der Waals surface area (Å²) in [5.41, 5.74) is 3.74. The van der Waals surface area contributed by atoms with Gasteiger partial charge in [-0.2, -0.15) is 18.4 Å². The third-order valence-corrected chi connectivity index (χ3v) is 4.14.